The van der Waals surface area contributed by atoms with Crippen LogP contribution in [0.3, 0.4) is 0 Å². The topological polar surface area (TPSA) is 72.3 Å². The average molecular weight is 404 g/mol. The van der Waals surface area contributed by atoms with Gasteiger partial charge in [0, 0.05) is 25.7 Å². The van der Waals surface area contributed by atoms with Crippen LogP contribution in [0.2, 0.25) is 0 Å². The normalized spacial score (nSPS) is 16.2. The van der Waals surface area contributed by atoms with Gasteiger partial charge in [0.05, 0.1) is 18.9 Å². The van der Waals surface area contributed by atoms with Crippen LogP contribution in [-0.2, 0) is 4.74 Å². The number of hydrogen-bond donors (Lipinski definition) is 1. The minimum absolute atomic E-state index is 0.122. The van der Waals surface area contributed by atoms with Crippen molar-refractivity contribution in [3.05, 3.63) is 41.7 Å². The van der Waals surface area contributed by atoms with Crippen LogP contribution < -0.4 is 5.32 Å². The van der Waals surface area contributed by atoms with Crippen LogP contribution in [0.5, 0.6) is 0 Å². The number of carbonyl (C=O) groups is 1. The first-order valence-corrected chi connectivity index (χ1v) is 10.3. The number of morpholine rings is 1. The first-order chi connectivity index (χ1) is 14.0. The molecule has 1 aromatic carbocycles. The molecule has 158 valence electrons. The number of rotatable bonds is 8. The predicted octanol–water partition coefficient (Wildman–Crippen LogP) is 2.58. The van der Waals surface area contributed by atoms with Gasteiger partial charge in [0.25, 0.3) is 5.91 Å². The maximum absolute atomic E-state index is 13.2. The summed E-state index contributed by atoms with van der Waals surface area (Å²) in [6.45, 7) is 9.93. The molecule has 3 rings (SSSR count). The molecule has 0 radical (unpaired) electrons. The van der Waals surface area contributed by atoms with E-state index in [4.69, 9.17) is 4.74 Å². The maximum atomic E-state index is 13.2. The highest BCUT2D eigenvalue weighted by Crippen LogP contribution is 2.20. The van der Waals surface area contributed by atoms with Gasteiger partial charge in [-0.05, 0) is 37.1 Å². The number of carbonyl (C=O) groups excluding carboxylic acids is 1. The van der Waals surface area contributed by atoms with Gasteiger partial charge >= 0.3 is 0 Å². The van der Waals surface area contributed by atoms with Gasteiger partial charge in [-0.2, -0.15) is 0 Å². The molecule has 1 aromatic heterocycles. The monoisotopic (exact) mass is 403 g/mol. The van der Waals surface area contributed by atoms with Crippen LogP contribution in [0.25, 0.3) is 5.69 Å². The molecule has 1 aliphatic heterocycles. The molecule has 1 saturated heterocycles. The molecule has 0 aliphatic carbocycles. The van der Waals surface area contributed by atoms with Crippen LogP contribution >= 0.6 is 0 Å². The highest BCUT2D eigenvalue weighted by atomic mass is 19.1. The molecule has 0 bridgehead atoms. The molecular formula is C21H30FN5O2. The van der Waals surface area contributed by atoms with Crippen molar-refractivity contribution < 1.29 is 13.9 Å². The summed E-state index contributed by atoms with van der Waals surface area (Å²) in [5, 5.41) is 7.35. The lowest BCUT2D eigenvalue weighted by molar-refractivity contribution is 0.00188. The molecule has 0 saturated carbocycles. The van der Waals surface area contributed by atoms with Crippen molar-refractivity contribution >= 4 is 5.91 Å². The molecule has 7 nitrogen and oxygen atoms in total. The Labute approximate surface area is 171 Å². The van der Waals surface area contributed by atoms with E-state index in [9.17, 15) is 9.18 Å². The molecule has 1 aliphatic rings. The second kappa shape index (κ2) is 9.93. The number of benzene rings is 1. The Morgan fingerprint density at radius 2 is 1.86 bits per heavy atom. The van der Waals surface area contributed by atoms with Crippen molar-refractivity contribution in [3.8, 4) is 5.69 Å². The lowest BCUT2D eigenvalue weighted by Gasteiger charge is -2.38. The van der Waals surface area contributed by atoms with Gasteiger partial charge in [-0.15, -0.1) is 5.10 Å². The zero-order chi connectivity index (χ0) is 20.8. The first-order valence-electron chi connectivity index (χ1n) is 10.3. The summed E-state index contributed by atoms with van der Waals surface area (Å²) in [5.41, 5.74) is 0.665. The van der Waals surface area contributed by atoms with Crippen molar-refractivity contribution in [2.75, 3.05) is 32.8 Å². The standard InChI is InChI=1S/C21H30FN5O2/c1-4-16(5-2)19(26-10-12-29-13-11-26)14-23-21(28)20-24-15(3)27(25-20)18-8-6-17(22)7-9-18/h6-9,16,19H,4-5,10-14H2,1-3H3,(H,23,28)/t19-/m1/s1. The lowest BCUT2D eigenvalue weighted by atomic mass is 9.92. The van der Waals surface area contributed by atoms with Crippen LogP contribution in [0.15, 0.2) is 24.3 Å². The Kier molecular flexibility index (Phi) is 7.33. The third-order valence-corrected chi connectivity index (χ3v) is 5.62. The van der Waals surface area contributed by atoms with E-state index in [1.165, 1.54) is 12.1 Å². The third-order valence-electron chi connectivity index (χ3n) is 5.62. The number of amides is 1. The Hall–Kier alpha value is -2.32. The van der Waals surface area contributed by atoms with Crippen LogP contribution in [0.1, 0.15) is 43.1 Å². The number of halogens is 1. The van der Waals surface area contributed by atoms with Crippen LogP contribution in [0.4, 0.5) is 4.39 Å². The summed E-state index contributed by atoms with van der Waals surface area (Å²) in [6.07, 6.45) is 2.12. The number of aromatic nitrogens is 3. The van der Waals surface area contributed by atoms with Crippen molar-refractivity contribution in [1.82, 2.24) is 25.0 Å². The van der Waals surface area contributed by atoms with E-state index in [-0.39, 0.29) is 23.6 Å². The summed E-state index contributed by atoms with van der Waals surface area (Å²) < 4.78 is 20.2. The van der Waals surface area contributed by atoms with E-state index >= 15 is 0 Å². The van der Waals surface area contributed by atoms with E-state index in [0.29, 0.717) is 24.0 Å². The van der Waals surface area contributed by atoms with Gasteiger partial charge < -0.3 is 10.1 Å². The quantitative estimate of drug-likeness (QED) is 0.734. The molecule has 1 amide bonds. The Bertz CT molecular complexity index is 798. The van der Waals surface area contributed by atoms with E-state index in [2.05, 4.69) is 34.1 Å². The van der Waals surface area contributed by atoms with Gasteiger partial charge in [0.1, 0.15) is 11.6 Å². The maximum Gasteiger partial charge on any atom is 0.291 e. The molecule has 1 N–H and O–H groups in total. The van der Waals surface area contributed by atoms with E-state index < -0.39 is 0 Å². The lowest BCUT2D eigenvalue weighted by Crippen LogP contribution is -2.52. The first kappa shape index (κ1) is 21.4. The number of nitrogens with zero attached hydrogens (tertiary/aromatic N) is 4. The van der Waals surface area contributed by atoms with Crippen molar-refractivity contribution in [2.24, 2.45) is 5.92 Å². The second-order valence-corrected chi connectivity index (χ2v) is 7.37. The second-order valence-electron chi connectivity index (χ2n) is 7.37. The van der Waals surface area contributed by atoms with Crippen molar-refractivity contribution in [2.45, 2.75) is 39.7 Å². The Balaban J connectivity index is 1.69. The average Bonchev–Trinajstić information content (AvgIpc) is 3.14. The highest BCUT2D eigenvalue weighted by Gasteiger charge is 2.28. The molecule has 29 heavy (non-hydrogen) atoms. The summed E-state index contributed by atoms with van der Waals surface area (Å²) in [6, 6.07) is 6.20. The number of nitrogens with one attached hydrogen (secondary N) is 1. The molecule has 2 heterocycles. The fourth-order valence-electron chi connectivity index (χ4n) is 3.93. The molecular weight excluding hydrogens is 373 g/mol. The Morgan fingerprint density at radius 1 is 1.21 bits per heavy atom. The zero-order valence-electron chi connectivity index (χ0n) is 17.4. The minimum atomic E-state index is -0.319. The molecule has 0 spiro atoms. The predicted molar refractivity (Wildman–Crippen MR) is 109 cm³/mol. The van der Waals surface area contributed by atoms with E-state index in [0.717, 1.165) is 39.1 Å². The molecule has 1 atom stereocenters. The summed E-state index contributed by atoms with van der Waals surface area (Å²) in [5.74, 6) is 0.585. The molecule has 0 unspecified atom stereocenters. The Morgan fingerprint density at radius 3 is 2.48 bits per heavy atom. The van der Waals surface area contributed by atoms with E-state index in [1.807, 2.05) is 0 Å². The SMILES string of the molecule is CCC(CC)[C@@H](CNC(=O)c1nc(C)n(-c2ccc(F)cc2)n1)N1CCOCC1. The van der Waals surface area contributed by atoms with Crippen molar-refractivity contribution in [3.63, 3.8) is 0 Å². The van der Waals surface area contributed by atoms with Gasteiger partial charge in [0.15, 0.2) is 0 Å². The highest BCUT2D eigenvalue weighted by molar-refractivity contribution is 5.90. The van der Waals surface area contributed by atoms with Crippen LogP contribution in [-0.4, -0.2) is 64.5 Å². The zero-order valence-corrected chi connectivity index (χ0v) is 17.4. The van der Waals surface area contributed by atoms with E-state index in [1.54, 1.807) is 23.7 Å². The summed E-state index contributed by atoms with van der Waals surface area (Å²) in [4.78, 5) is 19.4. The molecule has 8 heteroatoms. The molecule has 1 fully saturated rings. The van der Waals surface area contributed by atoms with Gasteiger partial charge in [-0.1, -0.05) is 26.7 Å². The van der Waals surface area contributed by atoms with Crippen LogP contribution in [0, 0.1) is 18.7 Å². The summed E-state index contributed by atoms with van der Waals surface area (Å²) in [7, 11) is 0. The fourth-order valence-corrected chi connectivity index (χ4v) is 3.93. The minimum Gasteiger partial charge on any atom is -0.379 e. The number of ether oxygens (including phenoxy) is 1. The number of hydrogen-bond acceptors (Lipinski definition) is 5. The van der Waals surface area contributed by atoms with Gasteiger partial charge in [-0.3, -0.25) is 9.69 Å². The number of aryl methyl sites for hydroxylation is 1. The fraction of sp³-hybridized carbons (Fsp3) is 0.571. The largest absolute Gasteiger partial charge is 0.379 e. The summed E-state index contributed by atoms with van der Waals surface area (Å²) >= 11 is 0. The van der Waals surface area contributed by atoms with Crippen molar-refractivity contribution in [1.29, 1.82) is 0 Å². The third kappa shape index (κ3) is 5.19. The van der Waals surface area contributed by atoms with Gasteiger partial charge in [0.2, 0.25) is 5.82 Å². The smallest absolute Gasteiger partial charge is 0.291 e. The molecule has 2 aromatic rings. The van der Waals surface area contributed by atoms with Gasteiger partial charge in [-0.25, -0.2) is 14.1 Å².